The summed E-state index contributed by atoms with van der Waals surface area (Å²) in [5.41, 5.74) is 0.704. The van der Waals surface area contributed by atoms with Gasteiger partial charge >= 0.3 is 0 Å². The Hall–Kier alpha value is -2.45. The second kappa shape index (κ2) is 9.81. The lowest BCUT2D eigenvalue weighted by Crippen LogP contribution is -2.60. The molecule has 0 radical (unpaired) electrons. The van der Waals surface area contributed by atoms with E-state index < -0.39 is 11.8 Å². The van der Waals surface area contributed by atoms with Gasteiger partial charge in [-0.2, -0.15) is 0 Å². The van der Waals surface area contributed by atoms with Gasteiger partial charge in [0.25, 0.3) is 5.91 Å². The molecule has 3 heterocycles. The van der Waals surface area contributed by atoms with E-state index >= 15 is 0 Å². The van der Waals surface area contributed by atoms with E-state index in [0.29, 0.717) is 38.0 Å². The molecule has 1 N–H and O–H groups in total. The number of benzene rings is 1. The van der Waals surface area contributed by atoms with E-state index in [-0.39, 0.29) is 36.4 Å². The van der Waals surface area contributed by atoms with E-state index in [2.05, 4.69) is 5.32 Å². The van der Waals surface area contributed by atoms with Crippen molar-refractivity contribution in [2.45, 2.75) is 64.3 Å². The fourth-order valence-corrected chi connectivity index (χ4v) is 4.98. The molecule has 3 aliphatic heterocycles. The van der Waals surface area contributed by atoms with Crippen molar-refractivity contribution in [2.75, 3.05) is 32.8 Å². The monoisotopic (exact) mass is 457 g/mol. The normalized spacial score (nSPS) is 24.5. The molecule has 1 spiro atoms. The van der Waals surface area contributed by atoms with Crippen molar-refractivity contribution in [2.24, 2.45) is 5.92 Å². The molecule has 180 valence electrons. The third-order valence-corrected chi connectivity index (χ3v) is 6.96. The van der Waals surface area contributed by atoms with Gasteiger partial charge in [-0.25, -0.2) is 0 Å². The predicted octanol–water partition coefficient (Wildman–Crippen LogP) is 2.11. The van der Waals surface area contributed by atoms with Crippen LogP contribution in [-0.4, -0.2) is 78.2 Å². The molecule has 0 aromatic heterocycles. The highest BCUT2D eigenvalue weighted by Gasteiger charge is 2.54. The number of carbonyl (C=O) groups excluding carboxylic acids is 3. The van der Waals surface area contributed by atoms with Crippen molar-refractivity contribution in [3.63, 3.8) is 0 Å². The molecule has 3 aliphatic rings. The summed E-state index contributed by atoms with van der Waals surface area (Å²) < 4.78 is 11.8. The van der Waals surface area contributed by atoms with Crippen LogP contribution in [0.2, 0.25) is 0 Å². The Morgan fingerprint density at radius 3 is 2.45 bits per heavy atom. The minimum atomic E-state index is -0.887. The Balaban J connectivity index is 1.54. The molecular weight excluding hydrogens is 422 g/mol. The number of rotatable bonds is 5. The topological polar surface area (TPSA) is 88.2 Å². The fourth-order valence-electron chi connectivity index (χ4n) is 4.98. The van der Waals surface area contributed by atoms with Crippen LogP contribution in [0, 0.1) is 12.8 Å². The Kier molecular flexibility index (Phi) is 7.05. The highest BCUT2D eigenvalue weighted by Crippen LogP contribution is 2.38. The molecule has 8 nitrogen and oxygen atoms in total. The lowest BCUT2D eigenvalue weighted by Gasteiger charge is -2.44. The van der Waals surface area contributed by atoms with Gasteiger partial charge in [-0.1, -0.05) is 31.5 Å². The molecule has 2 atom stereocenters. The first-order valence-electron chi connectivity index (χ1n) is 12.0. The molecule has 33 heavy (non-hydrogen) atoms. The van der Waals surface area contributed by atoms with E-state index in [1.54, 1.807) is 17.0 Å². The number of nitrogens with zero attached hydrogens (tertiary/aromatic N) is 2. The summed E-state index contributed by atoms with van der Waals surface area (Å²) in [6, 6.07) is 6.67. The minimum Gasteiger partial charge on any atom is -0.376 e. The summed E-state index contributed by atoms with van der Waals surface area (Å²) in [7, 11) is 0. The number of carbonyl (C=O) groups is 3. The third kappa shape index (κ3) is 4.92. The van der Waals surface area contributed by atoms with Crippen LogP contribution in [0.4, 0.5) is 0 Å². The molecule has 8 heteroatoms. The highest BCUT2D eigenvalue weighted by atomic mass is 16.5. The van der Waals surface area contributed by atoms with E-state index in [1.807, 2.05) is 37.8 Å². The molecular formula is C25H35N3O5. The fraction of sp³-hybridized carbons (Fsp3) is 0.640. The zero-order chi connectivity index (χ0) is 23.6. The summed E-state index contributed by atoms with van der Waals surface area (Å²) in [5, 5.41) is 2.97. The van der Waals surface area contributed by atoms with Gasteiger partial charge in [0.2, 0.25) is 11.8 Å². The van der Waals surface area contributed by atoms with E-state index in [9.17, 15) is 14.4 Å². The van der Waals surface area contributed by atoms with Gasteiger partial charge in [-0.3, -0.25) is 19.3 Å². The van der Waals surface area contributed by atoms with Crippen LogP contribution < -0.4 is 5.32 Å². The summed E-state index contributed by atoms with van der Waals surface area (Å²) >= 11 is 0. The first-order chi connectivity index (χ1) is 15.8. The number of likely N-dealkylation sites (tertiary alicyclic amines) is 1. The molecule has 0 saturated carbocycles. The van der Waals surface area contributed by atoms with E-state index in [4.69, 9.17) is 9.47 Å². The SMILES string of the molecule is Cc1ccc(C(=O)N2C(C(=O)NCC3CCCO3)COC23CCN(C(=O)C(C)C)CC3)cc1. The third-order valence-electron chi connectivity index (χ3n) is 6.96. The lowest BCUT2D eigenvalue weighted by atomic mass is 9.95. The maximum absolute atomic E-state index is 13.7. The smallest absolute Gasteiger partial charge is 0.256 e. The van der Waals surface area contributed by atoms with Gasteiger partial charge in [-0.05, 0) is 31.9 Å². The lowest BCUT2D eigenvalue weighted by molar-refractivity contribution is -0.146. The van der Waals surface area contributed by atoms with Gasteiger partial charge in [0.15, 0.2) is 0 Å². The van der Waals surface area contributed by atoms with Gasteiger partial charge in [0.05, 0.1) is 12.7 Å². The molecule has 3 fully saturated rings. The van der Waals surface area contributed by atoms with Gasteiger partial charge < -0.3 is 19.7 Å². The molecule has 1 aromatic carbocycles. The second-order valence-electron chi connectivity index (χ2n) is 9.67. The Morgan fingerprint density at radius 2 is 1.85 bits per heavy atom. The Bertz CT molecular complexity index is 871. The number of ether oxygens (including phenoxy) is 2. The van der Waals surface area contributed by atoms with Crippen LogP contribution >= 0.6 is 0 Å². The number of piperidine rings is 1. The summed E-state index contributed by atoms with van der Waals surface area (Å²) in [6.45, 7) is 8.05. The van der Waals surface area contributed by atoms with Crippen molar-refractivity contribution in [3.05, 3.63) is 35.4 Å². The molecule has 0 aliphatic carbocycles. The van der Waals surface area contributed by atoms with Crippen LogP contribution in [0.3, 0.4) is 0 Å². The molecule has 0 bridgehead atoms. The van der Waals surface area contributed by atoms with Gasteiger partial charge in [0, 0.05) is 50.6 Å². The van der Waals surface area contributed by atoms with Gasteiger partial charge in [-0.15, -0.1) is 0 Å². The predicted molar refractivity (Wildman–Crippen MR) is 122 cm³/mol. The average molecular weight is 458 g/mol. The quantitative estimate of drug-likeness (QED) is 0.732. The zero-order valence-electron chi connectivity index (χ0n) is 19.8. The minimum absolute atomic E-state index is 0.0248. The van der Waals surface area contributed by atoms with Crippen LogP contribution in [-0.2, 0) is 19.1 Å². The molecule has 3 amide bonds. The Labute approximate surface area is 195 Å². The molecule has 2 unspecified atom stereocenters. The summed E-state index contributed by atoms with van der Waals surface area (Å²) in [5.74, 6) is -0.410. The Morgan fingerprint density at radius 1 is 1.15 bits per heavy atom. The number of amides is 3. The van der Waals surface area contributed by atoms with Crippen molar-refractivity contribution in [1.29, 1.82) is 0 Å². The summed E-state index contributed by atoms with van der Waals surface area (Å²) in [4.78, 5) is 42.8. The van der Waals surface area contributed by atoms with E-state index in [0.717, 1.165) is 25.0 Å². The first kappa shape index (κ1) is 23.7. The second-order valence-corrected chi connectivity index (χ2v) is 9.67. The highest BCUT2D eigenvalue weighted by molar-refractivity contribution is 5.98. The van der Waals surface area contributed by atoms with Crippen molar-refractivity contribution >= 4 is 17.7 Å². The maximum Gasteiger partial charge on any atom is 0.256 e. The number of aryl methyl sites for hydroxylation is 1. The van der Waals surface area contributed by atoms with Crippen LogP contribution in [0.1, 0.15) is 55.5 Å². The van der Waals surface area contributed by atoms with Crippen LogP contribution in [0.15, 0.2) is 24.3 Å². The van der Waals surface area contributed by atoms with Crippen molar-refractivity contribution in [1.82, 2.24) is 15.1 Å². The largest absolute Gasteiger partial charge is 0.376 e. The molecule has 3 saturated heterocycles. The summed E-state index contributed by atoms with van der Waals surface area (Å²) in [6.07, 6.45) is 2.92. The van der Waals surface area contributed by atoms with Crippen LogP contribution in [0.5, 0.6) is 0 Å². The zero-order valence-corrected chi connectivity index (χ0v) is 19.8. The molecule has 4 rings (SSSR count). The van der Waals surface area contributed by atoms with E-state index in [1.165, 1.54) is 0 Å². The number of nitrogens with one attached hydrogen (secondary N) is 1. The first-order valence-corrected chi connectivity index (χ1v) is 12.0. The number of hydrogen-bond donors (Lipinski definition) is 1. The van der Waals surface area contributed by atoms with Gasteiger partial charge in [0.1, 0.15) is 11.8 Å². The maximum atomic E-state index is 13.7. The number of hydrogen-bond acceptors (Lipinski definition) is 5. The molecule has 1 aromatic rings. The standard InChI is InChI=1S/C25H35N3O5/c1-17(2)23(30)27-12-10-25(11-13-27)28(24(31)19-8-6-18(3)7-9-19)21(16-33-25)22(29)26-15-20-5-4-14-32-20/h6-9,17,20-21H,4-5,10-16H2,1-3H3,(H,26,29). The average Bonchev–Trinajstić information content (AvgIpc) is 3.46. The van der Waals surface area contributed by atoms with Crippen molar-refractivity contribution < 1.29 is 23.9 Å². The van der Waals surface area contributed by atoms with Crippen molar-refractivity contribution in [3.8, 4) is 0 Å². The van der Waals surface area contributed by atoms with Crippen LogP contribution in [0.25, 0.3) is 0 Å².